The van der Waals surface area contributed by atoms with Crippen LogP contribution < -0.4 is 15.5 Å². The molecule has 2 N–H and O–H groups in total. The Kier molecular flexibility index (Phi) is 37.5. The first-order chi connectivity index (χ1) is 27.0. The molecule has 1 aromatic rings. The summed E-state index contributed by atoms with van der Waals surface area (Å²) in [6.45, 7) is 6.22. The number of halogens is 2. The lowest BCUT2D eigenvalue weighted by Gasteiger charge is -2.13. The molecule has 0 bridgehead atoms. The van der Waals surface area contributed by atoms with Gasteiger partial charge < -0.3 is 14.9 Å². The minimum atomic E-state index is -0.182. The van der Waals surface area contributed by atoms with E-state index in [0.717, 1.165) is 52.4 Å². The van der Waals surface area contributed by atoms with Gasteiger partial charge in [-0.3, -0.25) is 9.59 Å². The van der Waals surface area contributed by atoms with Gasteiger partial charge >= 0.3 is 5.97 Å². The van der Waals surface area contributed by atoms with E-state index in [1.165, 1.54) is 167 Å². The standard InChI is InChI=1S/C47H84Br2N2O4/c1-3-5-7-9-11-13-15-17-19-21-23-25-27-29-31-34-45(52)50-38-36-42-40-43(48)47(44(49)41-42)54-39-33-37-51-55-46(53)35-32-30-28-26-24-22-20-18-16-14-12-10-8-6-4-2/h40-41,51H,3-39H2,1-2H3,(H,50,52). The number of benzene rings is 1. The molecular weight excluding hydrogens is 816 g/mol. The minimum absolute atomic E-state index is 0.150. The maximum absolute atomic E-state index is 12.4. The van der Waals surface area contributed by atoms with Crippen LogP contribution in [-0.2, 0) is 20.8 Å². The molecule has 0 aromatic heterocycles. The molecule has 0 atom stereocenters. The zero-order chi connectivity index (χ0) is 39.9. The predicted octanol–water partition coefficient (Wildman–Crippen LogP) is 15.2. The number of carbonyl (C=O) groups is 2. The number of hydrogen-bond acceptors (Lipinski definition) is 5. The second-order valence-electron chi connectivity index (χ2n) is 16.0. The fraction of sp³-hybridized carbons (Fsp3) is 0.830. The van der Waals surface area contributed by atoms with Crippen molar-refractivity contribution in [3.05, 3.63) is 26.6 Å². The molecule has 0 spiro atoms. The Hall–Kier alpha value is -1.12. The lowest BCUT2D eigenvalue weighted by atomic mass is 10.0. The van der Waals surface area contributed by atoms with Gasteiger partial charge in [-0.1, -0.05) is 194 Å². The molecule has 0 unspecified atom stereocenters. The molecule has 0 saturated heterocycles. The van der Waals surface area contributed by atoms with Crippen LogP contribution in [0.4, 0.5) is 0 Å². The summed E-state index contributed by atoms with van der Waals surface area (Å²) >= 11 is 7.30. The molecule has 0 fully saturated rings. The second-order valence-corrected chi connectivity index (χ2v) is 17.7. The maximum Gasteiger partial charge on any atom is 0.324 e. The summed E-state index contributed by atoms with van der Waals surface area (Å²) in [5.74, 6) is 0.723. The van der Waals surface area contributed by atoms with Crippen LogP contribution in [0.2, 0.25) is 0 Å². The van der Waals surface area contributed by atoms with E-state index in [1.807, 2.05) is 0 Å². The van der Waals surface area contributed by atoms with Crippen molar-refractivity contribution in [1.29, 1.82) is 0 Å². The Morgan fingerprint density at radius 3 is 1.31 bits per heavy atom. The lowest BCUT2D eigenvalue weighted by Crippen LogP contribution is -2.25. The molecule has 1 rings (SSSR count). The summed E-state index contributed by atoms with van der Waals surface area (Å²) in [6.07, 6.45) is 42.3. The number of rotatable bonds is 41. The van der Waals surface area contributed by atoms with Gasteiger partial charge in [0.15, 0.2) is 0 Å². The van der Waals surface area contributed by atoms with E-state index in [1.54, 1.807) is 0 Å². The minimum Gasteiger partial charge on any atom is -0.491 e. The van der Waals surface area contributed by atoms with E-state index in [0.29, 0.717) is 39.0 Å². The van der Waals surface area contributed by atoms with Crippen molar-refractivity contribution < 1.29 is 19.2 Å². The van der Waals surface area contributed by atoms with Crippen molar-refractivity contribution in [2.75, 3.05) is 19.7 Å². The summed E-state index contributed by atoms with van der Waals surface area (Å²) in [4.78, 5) is 29.6. The van der Waals surface area contributed by atoms with E-state index >= 15 is 0 Å². The fourth-order valence-corrected chi connectivity index (χ4v) is 8.64. The van der Waals surface area contributed by atoms with Crippen LogP contribution in [0, 0.1) is 0 Å². The molecule has 0 heterocycles. The smallest absolute Gasteiger partial charge is 0.324 e. The number of hydroxylamine groups is 1. The maximum atomic E-state index is 12.4. The number of hydrogen-bond donors (Lipinski definition) is 2. The molecule has 55 heavy (non-hydrogen) atoms. The zero-order valence-electron chi connectivity index (χ0n) is 35.7. The van der Waals surface area contributed by atoms with Gasteiger partial charge in [0.2, 0.25) is 5.91 Å². The first kappa shape index (κ1) is 51.9. The van der Waals surface area contributed by atoms with Gasteiger partial charge in [0.05, 0.1) is 15.6 Å². The number of carbonyl (C=O) groups excluding carboxylic acids is 2. The van der Waals surface area contributed by atoms with Gasteiger partial charge in [0.25, 0.3) is 0 Å². The highest BCUT2D eigenvalue weighted by Crippen LogP contribution is 2.35. The van der Waals surface area contributed by atoms with Crippen molar-refractivity contribution >= 4 is 43.7 Å². The van der Waals surface area contributed by atoms with E-state index in [9.17, 15) is 9.59 Å². The molecule has 0 aliphatic heterocycles. The Morgan fingerprint density at radius 2 is 0.891 bits per heavy atom. The summed E-state index contributed by atoms with van der Waals surface area (Å²) in [5, 5.41) is 3.09. The van der Waals surface area contributed by atoms with Crippen LogP contribution in [0.3, 0.4) is 0 Å². The molecule has 0 aliphatic rings. The third-order valence-corrected chi connectivity index (χ3v) is 11.8. The van der Waals surface area contributed by atoms with E-state index < -0.39 is 0 Å². The highest BCUT2D eigenvalue weighted by atomic mass is 79.9. The molecule has 0 aliphatic carbocycles. The Morgan fingerprint density at radius 1 is 0.509 bits per heavy atom. The quantitative estimate of drug-likeness (QED) is 0.0506. The lowest BCUT2D eigenvalue weighted by molar-refractivity contribution is -0.151. The Labute approximate surface area is 356 Å². The van der Waals surface area contributed by atoms with Gasteiger partial charge in [-0.25, -0.2) is 0 Å². The summed E-state index contributed by atoms with van der Waals surface area (Å²) in [6, 6.07) is 4.11. The van der Waals surface area contributed by atoms with Crippen LogP contribution in [-0.4, -0.2) is 31.6 Å². The zero-order valence-corrected chi connectivity index (χ0v) is 38.9. The molecule has 1 aromatic carbocycles. The predicted molar refractivity (Wildman–Crippen MR) is 242 cm³/mol. The highest BCUT2D eigenvalue weighted by Gasteiger charge is 2.10. The van der Waals surface area contributed by atoms with Crippen molar-refractivity contribution in [3.63, 3.8) is 0 Å². The molecule has 0 radical (unpaired) electrons. The number of ether oxygens (including phenoxy) is 1. The van der Waals surface area contributed by atoms with Crippen molar-refractivity contribution in [1.82, 2.24) is 10.8 Å². The van der Waals surface area contributed by atoms with Gasteiger partial charge in [-0.05, 0) is 75.2 Å². The molecular formula is C47H84Br2N2O4. The number of nitrogens with one attached hydrogen (secondary N) is 2. The number of amides is 1. The van der Waals surface area contributed by atoms with E-state index in [-0.39, 0.29) is 11.9 Å². The number of unbranched alkanes of at least 4 members (excludes halogenated alkanes) is 28. The van der Waals surface area contributed by atoms with Gasteiger partial charge in [-0.2, -0.15) is 5.48 Å². The average Bonchev–Trinajstić information content (AvgIpc) is 3.17. The summed E-state index contributed by atoms with van der Waals surface area (Å²) in [7, 11) is 0. The second kappa shape index (κ2) is 39.7. The largest absolute Gasteiger partial charge is 0.491 e. The highest BCUT2D eigenvalue weighted by molar-refractivity contribution is 9.11. The van der Waals surface area contributed by atoms with Crippen molar-refractivity contribution in [2.24, 2.45) is 0 Å². The van der Waals surface area contributed by atoms with E-state index in [4.69, 9.17) is 9.57 Å². The van der Waals surface area contributed by atoms with Crippen LogP contribution >= 0.6 is 31.9 Å². The SMILES string of the molecule is CCCCCCCCCCCCCCCCCC(=O)NCCc1cc(Br)c(OCCCNOC(=O)CCCCCCCCCCCCCCCCC)c(Br)c1. The first-order valence-electron chi connectivity index (χ1n) is 23.3. The van der Waals surface area contributed by atoms with Crippen LogP contribution in [0.15, 0.2) is 21.1 Å². The molecule has 0 saturated carbocycles. The average molecular weight is 901 g/mol. The molecule has 1 amide bonds. The van der Waals surface area contributed by atoms with Crippen LogP contribution in [0.5, 0.6) is 5.75 Å². The normalized spacial score (nSPS) is 11.3. The van der Waals surface area contributed by atoms with Crippen LogP contribution in [0.25, 0.3) is 0 Å². The van der Waals surface area contributed by atoms with Gasteiger partial charge in [-0.15, -0.1) is 0 Å². The van der Waals surface area contributed by atoms with Gasteiger partial charge in [0.1, 0.15) is 5.75 Å². The Bertz CT molecular complexity index is 1020. The van der Waals surface area contributed by atoms with Gasteiger partial charge in [0, 0.05) is 25.9 Å². The molecule has 6 nitrogen and oxygen atoms in total. The van der Waals surface area contributed by atoms with Crippen molar-refractivity contribution in [3.8, 4) is 5.75 Å². The molecule has 8 heteroatoms. The third kappa shape index (κ3) is 33.5. The summed E-state index contributed by atoms with van der Waals surface area (Å²) in [5.41, 5.74) is 3.92. The monoisotopic (exact) mass is 898 g/mol. The Balaban J connectivity index is 1.97. The first-order valence-corrected chi connectivity index (χ1v) is 24.9. The summed E-state index contributed by atoms with van der Waals surface area (Å²) < 4.78 is 7.77. The third-order valence-electron chi connectivity index (χ3n) is 10.6. The van der Waals surface area contributed by atoms with Crippen molar-refractivity contribution in [2.45, 2.75) is 232 Å². The fourth-order valence-electron chi connectivity index (χ4n) is 7.13. The topological polar surface area (TPSA) is 76.7 Å². The molecule has 320 valence electrons. The van der Waals surface area contributed by atoms with E-state index in [2.05, 4.69) is 68.6 Å². The van der Waals surface area contributed by atoms with Crippen LogP contribution in [0.1, 0.15) is 231 Å².